The molecule has 72 valence electrons. The van der Waals surface area contributed by atoms with Gasteiger partial charge in [-0.3, -0.25) is 4.79 Å². The van der Waals surface area contributed by atoms with E-state index in [4.69, 9.17) is 4.74 Å². The molecule has 0 saturated carbocycles. The molecular formula is C9H11BrO2S. The Balaban J connectivity index is 2.64. The highest BCUT2D eigenvalue weighted by Crippen LogP contribution is 2.24. The van der Waals surface area contributed by atoms with Crippen molar-refractivity contribution in [2.45, 2.75) is 19.4 Å². The standard InChI is InChI=1S/C9H11BrO2S/c1-6(12-2)5-8(11)9-7(10)3-4-13-9/h3-4,6H,5H2,1-2H3. The van der Waals surface area contributed by atoms with Crippen LogP contribution in [0.25, 0.3) is 0 Å². The molecule has 0 saturated heterocycles. The topological polar surface area (TPSA) is 26.3 Å². The maximum Gasteiger partial charge on any atom is 0.176 e. The van der Waals surface area contributed by atoms with Gasteiger partial charge in [0.15, 0.2) is 5.78 Å². The number of carbonyl (C=O) groups is 1. The van der Waals surface area contributed by atoms with Gasteiger partial charge < -0.3 is 4.74 Å². The number of thiophene rings is 1. The molecule has 13 heavy (non-hydrogen) atoms. The number of hydrogen-bond acceptors (Lipinski definition) is 3. The van der Waals surface area contributed by atoms with Crippen molar-refractivity contribution in [1.82, 2.24) is 0 Å². The molecule has 1 atom stereocenters. The molecule has 0 aliphatic carbocycles. The van der Waals surface area contributed by atoms with E-state index in [1.54, 1.807) is 7.11 Å². The van der Waals surface area contributed by atoms with Crippen molar-refractivity contribution in [3.05, 3.63) is 20.8 Å². The van der Waals surface area contributed by atoms with E-state index in [0.29, 0.717) is 6.42 Å². The van der Waals surface area contributed by atoms with E-state index in [1.807, 2.05) is 18.4 Å². The number of hydrogen-bond donors (Lipinski definition) is 0. The molecule has 1 rings (SSSR count). The highest BCUT2D eigenvalue weighted by Gasteiger charge is 2.14. The molecule has 0 amide bonds. The molecule has 0 aromatic carbocycles. The van der Waals surface area contributed by atoms with Crippen LogP contribution in [0.2, 0.25) is 0 Å². The van der Waals surface area contributed by atoms with Crippen molar-refractivity contribution in [3.8, 4) is 0 Å². The van der Waals surface area contributed by atoms with E-state index >= 15 is 0 Å². The fraction of sp³-hybridized carbons (Fsp3) is 0.444. The Kier molecular flexibility index (Phi) is 4.09. The van der Waals surface area contributed by atoms with E-state index < -0.39 is 0 Å². The summed E-state index contributed by atoms with van der Waals surface area (Å²) in [6, 6.07) is 1.88. The van der Waals surface area contributed by atoms with Crippen molar-refractivity contribution < 1.29 is 9.53 Å². The van der Waals surface area contributed by atoms with Crippen LogP contribution in [0.1, 0.15) is 23.0 Å². The Bertz CT molecular complexity index is 296. The van der Waals surface area contributed by atoms with Crippen LogP contribution in [-0.4, -0.2) is 19.0 Å². The summed E-state index contributed by atoms with van der Waals surface area (Å²) in [7, 11) is 1.61. The summed E-state index contributed by atoms with van der Waals surface area (Å²) in [5, 5.41) is 1.90. The first-order valence-electron chi connectivity index (χ1n) is 3.94. The highest BCUT2D eigenvalue weighted by atomic mass is 79.9. The molecular weight excluding hydrogens is 252 g/mol. The summed E-state index contributed by atoms with van der Waals surface area (Å²) in [6.07, 6.45) is 0.428. The average molecular weight is 263 g/mol. The number of halogens is 1. The predicted molar refractivity (Wildman–Crippen MR) is 57.4 cm³/mol. The molecule has 0 N–H and O–H groups in total. The Morgan fingerprint density at radius 3 is 2.92 bits per heavy atom. The van der Waals surface area contributed by atoms with Crippen LogP contribution < -0.4 is 0 Å². The van der Waals surface area contributed by atoms with E-state index in [9.17, 15) is 4.79 Å². The summed E-state index contributed by atoms with van der Waals surface area (Å²) in [6.45, 7) is 1.89. The zero-order valence-electron chi connectivity index (χ0n) is 7.54. The van der Waals surface area contributed by atoms with Gasteiger partial charge in [-0.15, -0.1) is 11.3 Å². The largest absolute Gasteiger partial charge is 0.381 e. The maximum absolute atomic E-state index is 11.6. The number of carbonyl (C=O) groups excluding carboxylic acids is 1. The highest BCUT2D eigenvalue weighted by molar-refractivity contribution is 9.10. The van der Waals surface area contributed by atoms with Gasteiger partial charge >= 0.3 is 0 Å². The van der Waals surface area contributed by atoms with Crippen molar-refractivity contribution in [1.29, 1.82) is 0 Å². The number of ketones is 1. The zero-order valence-corrected chi connectivity index (χ0v) is 9.94. The third-order valence-corrected chi connectivity index (χ3v) is 3.62. The summed E-state index contributed by atoms with van der Waals surface area (Å²) < 4.78 is 5.91. The van der Waals surface area contributed by atoms with Crippen LogP contribution in [0.4, 0.5) is 0 Å². The molecule has 0 aliphatic rings. The molecule has 0 radical (unpaired) electrons. The zero-order chi connectivity index (χ0) is 9.84. The minimum Gasteiger partial charge on any atom is -0.381 e. The van der Waals surface area contributed by atoms with E-state index in [0.717, 1.165) is 9.35 Å². The number of rotatable bonds is 4. The number of Topliss-reactive ketones (excluding diaryl/α,β-unsaturated/α-hetero) is 1. The van der Waals surface area contributed by atoms with E-state index in [2.05, 4.69) is 15.9 Å². The Morgan fingerprint density at radius 1 is 1.77 bits per heavy atom. The van der Waals surface area contributed by atoms with Crippen molar-refractivity contribution >= 4 is 33.0 Å². The molecule has 1 unspecified atom stereocenters. The lowest BCUT2D eigenvalue weighted by atomic mass is 10.2. The molecule has 1 aromatic rings. The van der Waals surface area contributed by atoms with Gasteiger partial charge in [0.05, 0.1) is 11.0 Å². The van der Waals surface area contributed by atoms with Crippen molar-refractivity contribution in [3.63, 3.8) is 0 Å². The lowest BCUT2D eigenvalue weighted by Gasteiger charge is -2.06. The first-order chi connectivity index (χ1) is 6.15. The minimum absolute atomic E-state index is 0.0125. The Morgan fingerprint density at radius 2 is 2.46 bits per heavy atom. The van der Waals surface area contributed by atoms with E-state index in [1.165, 1.54) is 11.3 Å². The summed E-state index contributed by atoms with van der Waals surface area (Å²) in [5.41, 5.74) is 0. The molecule has 2 nitrogen and oxygen atoms in total. The molecule has 1 aromatic heterocycles. The van der Waals surface area contributed by atoms with Crippen molar-refractivity contribution in [2.24, 2.45) is 0 Å². The molecule has 0 spiro atoms. The van der Waals surface area contributed by atoms with Crippen LogP contribution in [-0.2, 0) is 4.74 Å². The normalized spacial score (nSPS) is 12.8. The average Bonchev–Trinajstić information content (AvgIpc) is 2.51. The smallest absolute Gasteiger partial charge is 0.176 e. The van der Waals surface area contributed by atoms with Gasteiger partial charge in [-0.2, -0.15) is 0 Å². The Hall–Kier alpha value is -0.190. The molecule has 0 aliphatic heterocycles. The van der Waals surface area contributed by atoms with Gasteiger partial charge in [0.2, 0.25) is 0 Å². The third kappa shape index (κ3) is 2.90. The fourth-order valence-electron chi connectivity index (χ4n) is 0.930. The number of ether oxygens (including phenoxy) is 1. The number of methoxy groups -OCH3 is 1. The second-order valence-corrected chi connectivity index (χ2v) is 4.54. The van der Waals surface area contributed by atoms with Crippen LogP contribution in [0.3, 0.4) is 0 Å². The molecule has 4 heteroatoms. The third-order valence-electron chi connectivity index (χ3n) is 1.75. The second kappa shape index (κ2) is 4.88. The fourth-order valence-corrected chi connectivity index (χ4v) is 2.47. The first kappa shape index (κ1) is 10.9. The molecule has 1 heterocycles. The predicted octanol–water partition coefficient (Wildman–Crippen LogP) is 3.12. The summed E-state index contributed by atoms with van der Waals surface area (Å²) >= 11 is 4.79. The van der Waals surface area contributed by atoms with Gasteiger partial charge in [0.1, 0.15) is 0 Å². The van der Waals surface area contributed by atoms with Crippen LogP contribution >= 0.6 is 27.3 Å². The van der Waals surface area contributed by atoms with Crippen LogP contribution in [0.5, 0.6) is 0 Å². The minimum atomic E-state index is -0.0125. The second-order valence-electron chi connectivity index (χ2n) is 2.77. The van der Waals surface area contributed by atoms with Crippen LogP contribution in [0, 0.1) is 0 Å². The SMILES string of the molecule is COC(C)CC(=O)c1sccc1Br. The summed E-state index contributed by atoms with van der Waals surface area (Å²) in [4.78, 5) is 12.4. The van der Waals surface area contributed by atoms with Gasteiger partial charge in [-0.25, -0.2) is 0 Å². The van der Waals surface area contributed by atoms with Crippen molar-refractivity contribution in [2.75, 3.05) is 7.11 Å². The van der Waals surface area contributed by atoms with E-state index in [-0.39, 0.29) is 11.9 Å². The van der Waals surface area contributed by atoms with Gasteiger partial charge in [-0.1, -0.05) is 0 Å². The Labute approximate surface area is 90.0 Å². The first-order valence-corrected chi connectivity index (χ1v) is 5.61. The quantitative estimate of drug-likeness (QED) is 0.780. The summed E-state index contributed by atoms with van der Waals surface area (Å²) in [5.74, 6) is 0.135. The monoisotopic (exact) mass is 262 g/mol. The lowest BCUT2D eigenvalue weighted by Crippen LogP contribution is -2.11. The van der Waals surface area contributed by atoms with Crippen LogP contribution in [0.15, 0.2) is 15.9 Å². The molecule has 0 fully saturated rings. The van der Waals surface area contributed by atoms with Gasteiger partial charge in [-0.05, 0) is 34.3 Å². The maximum atomic E-state index is 11.6. The van der Waals surface area contributed by atoms with Gasteiger partial charge in [0, 0.05) is 18.0 Å². The van der Waals surface area contributed by atoms with Gasteiger partial charge in [0.25, 0.3) is 0 Å². The lowest BCUT2D eigenvalue weighted by molar-refractivity contribution is 0.0795. The molecule has 0 bridgehead atoms.